The van der Waals surface area contributed by atoms with Crippen LogP contribution in [0.5, 0.6) is 0 Å². The van der Waals surface area contributed by atoms with E-state index in [9.17, 15) is 9.59 Å². The van der Waals surface area contributed by atoms with Crippen molar-refractivity contribution in [1.82, 2.24) is 10.6 Å². The molecule has 0 aromatic rings. The number of urea groups is 1. The molecule has 2 atom stereocenters. The molecular weight excluding hydrogens is 236 g/mol. The molecule has 106 valence electrons. The molecule has 0 aliphatic heterocycles. The minimum atomic E-state index is -0.835. The summed E-state index contributed by atoms with van der Waals surface area (Å²) in [6.45, 7) is 5.40. The predicted octanol–water partition coefficient (Wildman–Crippen LogP) is 1.07. The normalized spacial score (nSPS) is 13.7. The van der Waals surface area contributed by atoms with E-state index in [2.05, 4.69) is 10.6 Å². The molecule has 0 radical (unpaired) electrons. The number of methoxy groups -OCH3 is 1. The van der Waals surface area contributed by atoms with Crippen molar-refractivity contribution < 1.29 is 19.4 Å². The van der Waals surface area contributed by atoms with Crippen molar-refractivity contribution in [3.05, 3.63) is 0 Å². The lowest BCUT2D eigenvalue weighted by Gasteiger charge is -2.15. The minimum Gasteiger partial charge on any atom is -0.481 e. The molecule has 0 fully saturated rings. The number of amides is 2. The first-order chi connectivity index (χ1) is 8.49. The molecule has 0 spiro atoms. The SMILES string of the molecule is CCC(CNC(=O)NCC(C)COC)CC(=O)O. The molecule has 18 heavy (non-hydrogen) atoms. The fourth-order valence-electron chi connectivity index (χ4n) is 1.52. The average Bonchev–Trinajstić information content (AvgIpc) is 2.31. The summed E-state index contributed by atoms with van der Waals surface area (Å²) in [5.41, 5.74) is 0. The Morgan fingerprint density at radius 1 is 1.28 bits per heavy atom. The predicted molar refractivity (Wildman–Crippen MR) is 68.5 cm³/mol. The van der Waals surface area contributed by atoms with Gasteiger partial charge in [-0.25, -0.2) is 4.79 Å². The van der Waals surface area contributed by atoms with Gasteiger partial charge in [0.15, 0.2) is 0 Å². The Bertz CT molecular complexity index is 258. The third-order valence-electron chi connectivity index (χ3n) is 2.65. The van der Waals surface area contributed by atoms with Gasteiger partial charge in [-0.3, -0.25) is 4.79 Å². The van der Waals surface area contributed by atoms with Crippen LogP contribution in [-0.4, -0.2) is 43.9 Å². The molecule has 0 saturated carbocycles. The Balaban J connectivity index is 3.77. The van der Waals surface area contributed by atoms with E-state index in [0.29, 0.717) is 19.7 Å². The van der Waals surface area contributed by atoms with Crippen LogP contribution < -0.4 is 10.6 Å². The van der Waals surface area contributed by atoms with Gasteiger partial charge in [-0.05, 0) is 11.8 Å². The molecule has 0 heterocycles. The monoisotopic (exact) mass is 260 g/mol. The summed E-state index contributed by atoms with van der Waals surface area (Å²) in [5, 5.41) is 14.1. The van der Waals surface area contributed by atoms with Crippen LogP contribution in [0.2, 0.25) is 0 Å². The highest BCUT2D eigenvalue weighted by Gasteiger charge is 2.12. The van der Waals surface area contributed by atoms with E-state index in [1.807, 2.05) is 13.8 Å². The highest BCUT2D eigenvalue weighted by Crippen LogP contribution is 2.06. The molecule has 0 aliphatic rings. The lowest BCUT2D eigenvalue weighted by molar-refractivity contribution is -0.138. The van der Waals surface area contributed by atoms with E-state index >= 15 is 0 Å². The van der Waals surface area contributed by atoms with Crippen molar-refractivity contribution in [2.45, 2.75) is 26.7 Å². The molecule has 2 unspecified atom stereocenters. The maximum absolute atomic E-state index is 11.4. The van der Waals surface area contributed by atoms with E-state index in [-0.39, 0.29) is 24.3 Å². The lowest BCUT2D eigenvalue weighted by atomic mass is 10.0. The van der Waals surface area contributed by atoms with Crippen LogP contribution in [-0.2, 0) is 9.53 Å². The molecule has 6 nitrogen and oxygen atoms in total. The molecular formula is C12H24N2O4. The summed E-state index contributed by atoms with van der Waals surface area (Å²) < 4.78 is 4.96. The standard InChI is InChI=1S/C12H24N2O4/c1-4-10(5-11(15)16)7-14-12(17)13-6-9(2)8-18-3/h9-10H,4-8H2,1-3H3,(H,15,16)(H2,13,14,17). The smallest absolute Gasteiger partial charge is 0.314 e. The summed E-state index contributed by atoms with van der Waals surface area (Å²) in [4.78, 5) is 22.0. The van der Waals surface area contributed by atoms with Crippen LogP contribution >= 0.6 is 0 Å². The maximum Gasteiger partial charge on any atom is 0.314 e. The number of carbonyl (C=O) groups is 2. The minimum absolute atomic E-state index is 0.0235. The van der Waals surface area contributed by atoms with E-state index in [1.54, 1.807) is 7.11 Å². The molecule has 0 aromatic carbocycles. The van der Waals surface area contributed by atoms with Gasteiger partial charge in [0.25, 0.3) is 0 Å². The highest BCUT2D eigenvalue weighted by atomic mass is 16.5. The first-order valence-corrected chi connectivity index (χ1v) is 6.22. The molecule has 0 aliphatic carbocycles. The first kappa shape index (κ1) is 16.7. The highest BCUT2D eigenvalue weighted by molar-refractivity contribution is 5.74. The Hall–Kier alpha value is -1.30. The van der Waals surface area contributed by atoms with Crippen LogP contribution in [0.3, 0.4) is 0 Å². The van der Waals surface area contributed by atoms with Crippen LogP contribution in [0.15, 0.2) is 0 Å². The van der Waals surface area contributed by atoms with Crippen molar-refractivity contribution in [3.63, 3.8) is 0 Å². The maximum atomic E-state index is 11.4. The number of carbonyl (C=O) groups excluding carboxylic acids is 1. The summed E-state index contributed by atoms with van der Waals surface area (Å²) in [6.07, 6.45) is 0.809. The van der Waals surface area contributed by atoms with Crippen LogP contribution in [0.25, 0.3) is 0 Å². The summed E-state index contributed by atoms with van der Waals surface area (Å²) in [5.74, 6) is -0.607. The van der Waals surface area contributed by atoms with Gasteiger partial charge in [0.05, 0.1) is 6.61 Å². The number of carboxylic acid groups (broad SMARTS) is 1. The van der Waals surface area contributed by atoms with Crippen LogP contribution in [0.4, 0.5) is 4.79 Å². The van der Waals surface area contributed by atoms with Crippen LogP contribution in [0, 0.1) is 11.8 Å². The van der Waals surface area contributed by atoms with Gasteiger partial charge in [-0.1, -0.05) is 20.3 Å². The van der Waals surface area contributed by atoms with Gasteiger partial charge in [0, 0.05) is 26.6 Å². The second kappa shape index (κ2) is 9.70. The van der Waals surface area contributed by atoms with Gasteiger partial charge >= 0.3 is 12.0 Å². The fourth-order valence-corrected chi connectivity index (χ4v) is 1.52. The number of aliphatic carboxylic acids is 1. The van der Waals surface area contributed by atoms with Gasteiger partial charge in [-0.2, -0.15) is 0 Å². The number of rotatable bonds is 9. The molecule has 6 heteroatoms. The quantitative estimate of drug-likeness (QED) is 0.578. The van der Waals surface area contributed by atoms with Crippen molar-refractivity contribution in [2.75, 3.05) is 26.8 Å². The van der Waals surface area contributed by atoms with E-state index < -0.39 is 5.97 Å². The number of ether oxygens (including phenoxy) is 1. The van der Waals surface area contributed by atoms with Gasteiger partial charge in [0.1, 0.15) is 0 Å². The Morgan fingerprint density at radius 2 is 1.89 bits per heavy atom. The van der Waals surface area contributed by atoms with E-state index in [0.717, 1.165) is 6.42 Å². The van der Waals surface area contributed by atoms with Gasteiger partial charge < -0.3 is 20.5 Å². The number of hydrogen-bond acceptors (Lipinski definition) is 3. The van der Waals surface area contributed by atoms with E-state index in [1.165, 1.54) is 0 Å². The Kier molecular flexibility index (Phi) is 9.00. The van der Waals surface area contributed by atoms with Crippen LogP contribution in [0.1, 0.15) is 26.7 Å². The Labute approximate surface area is 108 Å². The zero-order chi connectivity index (χ0) is 14.0. The number of carboxylic acids is 1. The second-order valence-corrected chi connectivity index (χ2v) is 4.52. The van der Waals surface area contributed by atoms with Crippen molar-refractivity contribution >= 4 is 12.0 Å². The third kappa shape index (κ3) is 8.81. The number of hydrogen-bond donors (Lipinski definition) is 3. The van der Waals surface area contributed by atoms with Crippen molar-refractivity contribution in [2.24, 2.45) is 11.8 Å². The summed E-state index contributed by atoms with van der Waals surface area (Å²) in [6, 6.07) is -0.262. The summed E-state index contributed by atoms with van der Waals surface area (Å²) in [7, 11) is 1.62. The molecule has 0 aromatic heterocycles. The molecule has 0 rings (SSSR count). The summed E-state index contributed by atoms with van der Waals surface area (Å²) >= 11 is 0. The molecule has 3 N–H and O–H groups in total. The van der Waals surface area contributed by atoms with Gasteiger partial charge in [0.2, 0.25) is 0 Å². The topological polar surface area (TPSA) is 87.7 Å². The Morgan fingerprint density at radius 3 is 2.39 bits per heavy atom. The zero-order valence-corrected chi connectivity index (χ0v) is 11.4. The molecule has 0 bridgehead atoms. The third-order valence-corrected chi connectivity index (χ3v) is 2.65. The molecule has 0 saturated heterocycles. The largest absolute Gasteiger partial charge is 0.481 e. The van der Waals surface area contributed by atoms with Crippen molar-refractivity contribution in [3.8, 4) is 0 Å². The van der Waals surface area contributed by atoms with Crippen molar-refractivity contribution in [1.29, 1.82) is 0 Å². The fraction of sp³-hybridized carbons (Fsp3) is 0.833. The lowest BCUT2D eigenvalue weighted by Crippen LogP contribution is -2.40. The van der Waals surface area contributed by atoms with Gasteiger partial charge in [-0.15, -0.1) is 0 Å². The zero-order valence-electron chi connectivity index (χ0n) is 11.4. The number of nitrogens with one attached hydrogen (secondary N) is 2. The van der Waals surface area contributed by atoms with E-state index in [4.69, 9.17) is 9.84 Å². The average molecular weight is 260 g/mol. The second-order valence-electron chi connectivity index (χ2n) is 4.52. The molecule has 2 amide bonds. The first-order valence-electron chi connectivity index (χ1n) is 6.22.